The maximum absolute atomic E-state index is 12.3. The van der Waals surface area contributed by atoms with Gasteiger partial charge in [-0.2, -0.15) is 0 Å². The Morgan fingerprint density at radius 1 is 1.48 bits per heavy atom. The van der Waals surface area contributed by atoms with Crippen molar-refractivity contribution in [2.75, 3.05) is 11.1 Å². The SMILES string of the molecule is CC(NC(=O)c1sc(NC2CC2)nc1N)c1ccccn1. The van der Waals surface area contributed by atoms with Crippen LogP contribution >= 0.6 is 11.3 Å². The van der Waals surface area contributed by atoms with Gasteiger partial charge in [0, 0.05) is 12.2 Å². The Hall–Kier alpha value is -2.15. The van der Waals surface area contributed by atoms with E-state index in [1.807, 2.05) is 25.1 Å². The van der Waals surface area contributed by atoms with Crippen molar-refractivity contribution in [2.45, 2.75) is 31.8 Å². The monoisotopic (exact) mass is 303 g/mol. The molecule has 2 aromatic heterocycles. The summed E-state index contributed by atoms with van der Waals surface area (Å²) in [5, 5.41) is 6.86. The summed E-state index contributed by atoms with van der Waals surface area (Å²) in [7, 11) is 0. The number of thiazole rings is 1. The minimum Gasteiger partial charge on any atom is -0.382 e. The third kappa shape index (κ3) is 3.30. The number of carbonyl (C=O) groups excluding carboxylic acids is 1. The van der Waals surface area contributed by atoms with Gasteiger partial charge < -0.3 is 16.4 Å². The normalized spacial score (nSPS) is 15.5. The first-order chi connectivity index (χ1) is 10.1. The summed E-state index contributed by atoms with van der Waals surface area (Å²) >= 11 is 1.29. The van der Waals surface area contributed by atoms with E-state index < -0.39 is 0 Å². The number of hydrogen-bond acceptors (Lipinski definition) is 6. The van der Waals surface area contributed by atoms with E-state index in [1.165, 1.54) is 11.3 Å². The van der Waals surface area contributed by atoms with Crippen molar-refractivity contribution in [2.24, 2.45) is 0 Å². The fourth-order valence-corrected chi connectivity index (χ4v) is 2.79. The van der Waals surface area contributed by atoms with Gasteiger partial charge in [-0.3, -0.25) is 9.78 Å². The van der Waals surface area contributed by atoms with Crippen LogP contribution in [-0.4, -0.2) is 21.9 Å². The van der Waals surface area contributed by atoms with Crippen molar-refractivity contribution in [1.29, 1.82) is 0 Å². The second-order valence-electron chi connectivity index (χ2n) is 5.10. The summed E-state index contributed by atoms with van der Waals surface area (Å²) in [4.78, 5) is 21.2. The molecule has 0 aliphatic heterocycles. The summed E-state index contributed by atoms with van der Waals surface area (Å²) in [5.74, 6) is 0.0564. The molecule has 1 atom stereocenters. The number of aromatic nitrogens is 2. The number of amides is 1. The fraction of sp³-hybridized carbons (Fsp3) is 0.357. The van der Waals surface area contributed by atoms with Gasteiger partial charge in [-0.1, -0.05) is 17.4 Å². The predicted octanol–water partition coefficient (Wildman–Crippen LogP) is 2.19. The van der Waals surface area contributed by atoms with Crippen LogP contribution in [0.2, 0.25) is 0 Å². The number of nitrogen functional groups attached to an aromatic ring is 1. The van der Waals surface area contributed by atoms with Crippen LogP contribution in [0.1, 0.15) is 41.2 Å². The molecule has 2 aromatic rings. The minimum atomic E-state index is -0.216. The van der Waals surface area contributed by atoms with Crippen molar-refractivity contribution in [3.8, 4) is 0 Å². The van der Waals surface area contributed by atoms with E-state index in [9.17, 15) is 4.79 Å². The average Bonchev–Trinajstić information content (AvgIpc) is 3.21. The molecule has 0 radical (unpaired) electrons. The van der Waals surface area contributed by atoms with Gasteiger partial charge in [-0.05, 0) is 31.9 Å². The van der Waals surface area contributed by atoms with Gasteiger partial charge in [0.05, 0.1) is 11.7 Å². The fourth-order valence-electron chi connectivity index (χ4n) is 1.93. The predicted molar refractivity (Wildman–Crippen MR) is 83.3 cm³/mol. The molecule has 0 bridgehead atoms. The summed E-state index contributed by atoms with van der Waals surface area (Å²) in [6, 6.07) is 5.92. The smallest absolute Gasteiger partial charge is 0.265 e. The highest BCUT2D eigenvalue weighted by Crippen LogP contribution is 2.30. The molecule has 2 heterocycles. The number of carbonyl (C=O) groups is 1. The van der Waals surface area contributed by atoms with Crippen molar-refractivity contribution in [3.05, 3.63) is 35.0 Å². The quantitative estimate of drug-likeness (QED) is 0.787. The lowest BCUT2D eigenvalue weighted by atomic mass is 10.2. The number of hydrogen-bond donors (Lipinski definition) is 3. The van der Waals surface area contributed by atoms with Crippen molar-refractivity contribution in [3.63, 3.8) is 0 Å². The Morgan fingerprint density at radius 2 is 2.29 bits per heavy atom. The van der Waals surface area contributed by atoms with E-state index in [1.54, 1.807) is 6.20 Å². The minimum absolute atomic E-state index is 0.181. The number of nitrogens with zero attached hydrogens (tertiary/aromatic N) is 2. The molecule has 1 aliphatic rings. The molecule has 110 valence electrons. The average molecular weight is 303 g/mol. The lowest BCUT2D eigenvalue weighted by Crippen LogP contribution is -2.27. The Balaban J connectivity index is 1.68. The van der Waals surface area contributed by atoms with E-state index in [-0.39, 0.29) is 17.8 Å². The number of anilines is 2. The molecular formula is C14H17N5OS. The molecule has 1 aliphatic carbocycles. The number of pyridine rings is 1. The summed E-state index contributed by atoms with van der Waals surface area (Å²) in [6.45, 7) is 1.89. The zero-order valence-electron chi connectivity index (χ0n) is 11.7. The molecule has 6 nitrogen and oxygen atoms in total. The zero-order chi connectivity index (χ0) is 14.8. The van der Waals surface area contributed by atoms with Gasteiger partial charge in [-0.25, -0.2) is 4.98 Å². The van der Waals surface area contributed by atoms with Gasteiger partial charge >= 0.3 is 0 Å². The van der Waals surface area contributed by atoms with Crippen molar-refractivity contribution >= 4 is 28.2 Å². The van der Waals surface area contributed by atoms with Crippen LogP contribution in [-0.2, 0) is 0 Å². The lowest BCUT2D eigenvalue weighted by Gasteiger charge is -2.12. The van der Waals surface area contributed by atoms with Crippen LogP contribution < -0.4 is 16.4 Å². The Labute approximate surface area is 126 Å². The summed E-state index contributed by atoms with van der Waals surface area (Å²) in [6.07, 6.45) is 4.01. The van der Waals surface area contributed by atoms with Gasteiger partial charge in [0.15, 0.2) is 5.13 Å². The highest BCUT2D eigenvalue weighted by Gasteiger charge is 2.24. The summed E-state index contributed by atoms with van der Waals surface area (Å²) in [5.41, 5.74) is 6.65. The van der Waals surface area contributed by atoms with Crippen LogP contribution in [0.15, 0.2) is 24.4 Å². The molecule has 7 heteroatoms. The number of rotatable bonds is 5. The zero-order valence-corrected chi connectivity index (χ0v) is 12.5. The molecule has 1 saturated carbocycles. The topological polar surface area (TPSA) is 92.9 Å². The molecule has 1 amide bonds. The molecule has 0 spiro atoms. The third-order valence-electron chi connectivity index (χ3n) is 3.24. The maximum atomic E-state index is 12.3. The molecule has 0 aromatic carbocycles. The van der Waals surface area contributed by atoms with Gasteiger partial charge in [0.25, 0.3) is 5.91 Å². The highest BCUT2D eigenvalue weighted by atomic mass is 32.1. The molecule has 4 N–H and O–H groups in total. The first kappa shape index (κ1) is 13.8. The second kappa shape index (κ2) is 5.69. The van der Waals surface area contributed by atoms with E-state index in [0.29, 0.717) is 16.1 Å². The van der Waals surface area contributed by atoms with E-state index in [0.717, 1.165) is 18.5 Å². The molecule has 3 rings (SSSR count). The number of nitrogens with two attached hydrogens (primary N) is 1. The third-order valence-corrected chi connectivity index (χ3v) is 4.24. The molecule has 0 saturated heterocycles. The second-order valence-corrected chi connectivity index (χ2v) is 6.10. The summed E-state index contributed by atoms with van der Waals surface area (Å²) < 4.78 is 0. The van der Waals surface area contributed by atoms with E-state index in [4.69, 9.17) is 5.73 Å². The Morgan fingerprint density at radius 3 is 2.95 bits per heavy atom. The van der Waals surface area contributed by atoms with Gasteiger partial charge in [-0.15, -0.1) is 0 Å². The standard InChI is InChI=1S/C14H17N5OS/c1-8(10-4-2-3-7-16-10)17-13(20)11-12(15)19-14(21-11)18-9-5-6-9/h2-4,7-9H,5-6,15H2,1H3,(H,17,20)(H,18,19). The number of nitrogens with one attached hydrogen (secondary N) is 2. The van der Waals surface area contributed by atoms with Crippen LogP contribution in [0.4, 0.5) is 10.9 Å². The first-order valence-electron chi connectivity index (χ1n) is 6.88. The van der Waals surface area contributed by atoms with Crippen molar-refractivity contribution < 1.29 is 4.79 Å². The Bertz CT molecular complexity index is 638. The van der Waals surface area contributed by atoms with Crippen molar-refractivity contribution in [1.82, 2.24) is 15.3 Å². The molecular weight excluding hydrogens is 286 g/mol. The molecule has 1 fully saturated rings. The largest absolute Gasteiger partial charge is 0.382 e. The van der Waals surface area contributed by atoms with Crippen LogP contribution in [0.3, 0.4) is 0 Å². The van der Waals surface area contributed by atoms with E-state index >= 15 is 0 Å². The van der Waals surface area contributed by atoms with E-state index in [2.05, 4.69) is 20.6 Å². The molecule has 21 heavy (non-hydrogen) atoms. The van der Waals surface area contributed by atoms with Gasteiger partial charge in [0.1, 0.15) is 10.7 Å². The van der Waals surface area contributed by atoms with Gasteiger partial charge in [0.2, 0.25) is 0 Å². The maximum Gasteiger partial charge on any atom is 0.265 e. The van der Waals surface area contributed by atoms with Crippen LogP contribution in [0, 0.1) is 0 Å². The van der Waals surface area contributed by atoms with Crippen LogP contribution in [0.25, 0.3) is 0 Å². The lowest BCUT2D eigenvalue weighted by molar-refractivity contribution is 0.0944. The first-order valence-corrected chi connectivity index (χ1v) is 7.70. The highest BCUT2D eigenvalue weighted by molar-refractivity contribution is 7.18. The molecule has 1 unspecified atom stereocenters. The Kier molecular flexibility index (Phi) is 3.74. The van der Waals surface area contributed by atoms with Crippen LogP contribution in [0.5, 0.6) is 0 Å².